The average Bonchev–Trinajstić information content (AvgIpc) is 3.44. The molecule has 1 N–H and O–H groups in total. The zero-order chi connectivity index (χ0) is 59.1. The SMILES string of the molecule is CC/C=C\C/C=C\C/C=C\C/C=C\C/C=C\C/C=C\C/C=C\C/C=C\C/C=C\CCCCCC(=O)OC(COC(=O)CCCCCCCCCCCCCC/C=C\C/C=C\C/C=C\C/C=C\CC)COC(OCC[N+](C)(C)C)C(=O)O. The van der Waals surface area contributed by atoms with E-state index in [9.17, 15) is 19.5 Å². The van der Waals surface area contributed by atoms with Crippen LogP contribution in [0.1, 0.15) is 219 Å². The monoisotopic (exact) mass is 1120 g/mol. The topological polar surface area (TPSA) is 108 Å². The fraction of sp³-hybridized carbons (Fsp3) is 0.597. The fourth-order valence-electron chi connectivity index (χ4n) is 8.00. The summed E-state index contributed by atoms with van der Waals surface area (Å²) in [6.45, 7) is 4.59. The fourth-order valence-corrected chi connectivity index (χ4v) is 8.00. The molecule has 0 bridgehead atoms. The van der Waals surface area contributed by atoms with E-state index in [2.05, 4.69) is 172 Å². The van der Waals surface area contributed by atoms with E-state index in [1.54, 1.807) is 0 Å². The Hall–Kier alpha value is -5.09. The number of likely N-dealkylation sites (N-methyl/N-ethyl adjacent to an activating group) is 1. The molecule has 2 unspecified atom stereocenters. The van der Waals surface area contributed by atoms with Crippen molar-refractivity contribution in [2.75, 3.05) is 47.5 Å². The molecule has 2 atom stereocenters. The standard InChI is InChI=1S/C72H115NO8/c1-6-8-10-12-14-16-18-20-22-24-26-28-30-32-33-34-35-36-37-39-41-43-45-47-49-51-53-55-57-59-61-63-70(75)81-68(67-80-72(71(76)77)78-65-64-73(3,4)5)66-79-69(74)62-60-58-56-54-52-50-48-46-44-42-40-38-31-29-27-25-23-21-19-17-15-13-11-9-7-2/h8-11,14-17,20-23,26-29,32-33,35-36,39,41,45,47,51,53,68,72H,6-7,12-13,18-19,24-25,30-31,34,37-38,40,42-44,46,48-50,52,54-67H2,1-5H3/p+1/b10-8-,11-9-,16-14-,17-15-,22-20-,23-21-,28-26-,29-27-,33-32-,36-35-,41-39-,47-45-,53-51-. The molecule has 456 valence electrons. The van der Waals surface area contributed by atoms with Gasteiger partial charge < -0.3 is 28.5 Å². The van der Waals surface area contributed by atoms with Crippen molar-refractivity contribution < 1.29 is 42.9 Å². The highest BCUT2D eigenvalue weighted by Crippen LogP contribution is 2.15. The number of esters is 2. The van der Waals surface area contributed by atoms with Gasteiger partial charge in [0.25, 0.3) is 6.29 Å². The third kappa shape index (κ3) is 62.4. The molecule has 0 radical (unpaired) electrons. The van der Waals surface area contributed by atoms with Gasteiger partial charge in [-0.15, -0.1) is 0 Å². The number of allylic oxidation sites excluding steroid dienone is 26. The Bertz CT molecular complexity index is 1880. The summed E-state index contributed by atoms with van der Waals surface area (Å²) in [5.41, 5.74) is 0. The number of quaternary nitrogens is 1. The summed E-state index contributed by atoms with van der Waals surface area (Å²) in [4.78, 5) is 37.5. The Morgan fingerprint density at radius 2 is 0.667 bits per heavy atom. The molecule has 81 heavy (non-hydrogen) atoms. The van der Waals surface area contributed by atoms with Gasteiger partial charge in [0, 0.05) is 12.8 Å². The van der Waals surface area contributed by atoms with E-state index in [0.717, 1.165) is 122 Å². The minimum atomic E-state index is -1.53. The van der Waals surface area contributed by atoms with E-state index in [4.69, 9.17) is 18.9 Å². The largest absolute Gasteiger partial charge is 0.477 e. The molecule has 0 aromatic carbocycles. The van der Waals surface area contributed by atoms with Gasteiger partial charge in [-0.05, 0) is 122 Å². The maximum atomic E-state index is 12.9. The van der Waals surface area contributed by atoms with Crippen molar-refractivity contribution in [1.82, 2.24) is 0 Å². The van der Waals surface area contributed by atoms with E-state index in [1.807, 2.05) is 21.1 Å². The minimum absolute atomic E-state index is 0.171. The van der Waals surface area contributed by atoms with Gasteiger partial charge in [-0.3, -0.25) is 9.59 Å². The number of nitrogens with zero attached hydrogens (tertiary/aromatic N) is 1. The Kier molecular flexibility index (Phi) is 57.2. The Labute approximate surface area is 495 Å². The molecule has 9 heteroatoms. The van der Waals surface area contributed by atoms with Crippen molar-refractivity contribution in [1.29, 1.82) is 0 Å². The third-order valence-corrected chi connectivity index (χ3v) is 12.8. The van der Waals surface area contributed by atoms with Crippen LogP contribution in [0.15, 0.2) is 158 Å². The van der Waals surface area contributed by atoms with E-state index in [0.29, 0.717) is 17.4 Å². The lowest BCUT2D eigenvalue weighted by molar-refractivity contribution is -0.870. The van der Waals surface area contributed by atoms with Gasteiger partial charge in [0.05, 0.1) is 34.4 Å². The number of aliphatic carboxylic acids is 1. The summed E-state index contributed by atoms with van der Waals surface area (Å²) in [5.74, 6) is -2.07. The Morgan fingerprint density at radius 1 is 0.370 bits per heavy atom. The molecule has 0 heterocycles. The maximum Gasteiger partial charge on any atom is 0.361 e. The molecule has 0 aliphatic carbocycles. The highest BCUT2D eigenvalue weighted by molar-refractivity contribution is 5.71. The van der Waals surface area contributed by atoms with Gasteiger partial charge in [-0.1, -0.05) is 242 Å². The highest BCUT2D eigenvalue weighted by atomic mass is 16.7. The van der Waals surface area contributed by atoms with Crippen molar-refractivity contribution in [3.63, 3.8) is 0 Å². The van der Waals surface area contributed by atoms with Gasteiger partial charge in [-0.2, -0.15) is 0 Å². The lowest BCUT2D eigenvalue weighted by atomic mass is 10.0. The summed E-state index contributed by atoms with van der Waals surface area (Å²) in [7, 11) is 5.95. The summed E-state index contributed by atoms with van der Waals surface area (Å²) < 4.78 is 22.9. The van der Waals surface area contributed by atoms with Crippen LogP contribution in [0.4, 0.5) is 0 Å². The number of carbonyl (C=O) groups excluding carboxylic acids is 2. The minimum Gasteiger partial charge on any atom is -0.477 e. The number of hydrogen-bond acceptors (Lipinski definition) is 7. The van der Waals surface area contributed by atoms with Crippen LogP contribution in [0, 0.1) is 0 Å². The normalized spacial score (nSPS) is 13.8. The van der Waals surface area contributed by atoms with E-state index in [-0.39, 0.29) is 38.6 Å². The number of unbranched alkanes of at least 4 members (excludes halogenated alkanes) is 15. The number of ether oxygens (including phenoxy) is 4. The van der Waals surface area contributed by atoms with E-state index < -0.39 is 24.3 Å². The van der Waals surface area contributed by atoms with Crippen molar-refractivity contribution in [3.8, 4) is 0 Å². The summed E-state index contributed by atoms with van der Waals surface area (Å²) in [6, 6.07) is 0. The zero-order valence-corrected chi connectivity index (χ0v) is 51.9. The first-order valence-corrected chi connectivity index (χ1v) is 31.6. The van der Waals surface area contributed by atoms with E-state index in [1.165, 1.54) is 64.2 Å². The second kappa shape index (κ2) is 61.0. The molecular formula is C72H116NO8+. The third-order valence-electron chi connectivity index (χ3n) is 12.8. The quantitative estimate of drug-likeness (QED) is 0.0211. The van der Waals surface area contributed by atoms with Crippen molar-refractivity contribution in [3.05, 3.63) is 158 Å². The van der Waals surface area contributed by atoms with Crippen LogP contribution in [0.25, 0.3) is 0 Å². The molecule has 9 nitrogen and oxygen atoms in total. The number of carboxylic acid groups (broad SMARTS) is 1. The first-order chi connectivity index (χ1) is 39.6. The van der Waals surface area contributed by atoms with Crippen LogP contribution < -0.4 is 0 Å². The van der Waals surface area contributed by atoms with Gasteiger partial charge in [0.15, 0.2) is 6.10 Å². The molecule has 0 aromatic rings. The summed E-state index contributed by atoms with van der Waals surface area (Å²) >= 11 is 0. The first kappa shape index (κ1) is 75.9. The Morgan fingerprint density at radius 3 is 1.00 bits per heavy atom. The first-order valence-electron chi connectivity index (χ1n) is 31.6. The van der Waals surface area contributed by atoms with Crippen LogP contribution in [-0.4, -0.2) is 87.4 Å². The number of carboxylic acids is 1. The smallest absolute Gasteiger partial charge is 0.361 e. The molecule has 0 aliphatic heterocycles. The predicted molar refractivity (Wildman–Crippen MR) is 345 cm³/mol. The highest BCUT2D eigenvalue weighted by Gasteiger charge is 2.25. The van der Waals surface area contributed by atoms with Crippen LogP contribution >= 0.6 is 0 Å². The van der Waals surface area contributed by atoms with Crippen LogP contribution in [0.5, 0.6) is 0 Å². The summed E-state index contributed by atoms with van der Waals surface area (Å²) in [6.07, 6.45) is 87.6. The van der Waals surface area contributed by atoms with Gasteiger partial charge >= 0.3 is 17.9 Å². The van der Waals surface area contributed by atoms with Crippen LogP contribution in [-0.2, 0) is 33.3 Å². The Balaban J connectivity index is 4.32. The summed E-state index contributed by atoms with van der Waals surface area (Å²) in [5, 5.41) is 9.73. The number of rotatable bonds is 56. The maximum absolute atomic E-state index is 12.9. The lowest BCUT2D eigenvalue weighted by Gasteiger charge is -2.25. The molecule has 0 amide bonds. The van der Waals surface area contributed by atoms with Crippen LogP contribution in [0.2, 0.25) is 0 Å². The van der Waals surface area contributed by atoms with E-state index >= 15 is 0 Å². The second-order valence-electron chi connectivity index (χ2n) is 21.6. The van der Waals surface area contributed by atoms with Gasteiger partial charge in [-0.25, -0.2) is 4.79 Å². The predicted octanol–water partition coefficient (Wildman–Crippen LogP) is 19.3. The molecule has 0 rings (SSSR count). The average molecular weight is 1120 g/mol. The van der Waals surface area contributed by atoms with Gasteiger partial charge in [0.1, 0.15) is 13.2 Å². The van der Waals surface area contributed by atoms with Crippen molar-refractivity contribution >= 4 is 17.9 Å². The molecular weight excluding hydrogens is 1010 g/mol. The number of carbonyl (C=O) groups is 3. The molecule has 0 aromatic heterocycles. The lowest BCUT2D eigenvalue weighted by Crippen LogP contribution is -2.40. The van der Waals surface area contributed by atoms with Crippen molar-refractivity contribution in [2.24, 2.45) is 0 Å². The van der Waals surface area contributed by atoms with Crippen LogP contribution in [0.3, 0.4) is 0 Å². The second-order valence-corrected chi connectivity index (χ2v) is 21.6. The molecule has 0 spiro atoms. The zero-order valence-electron chi connectivity index (χ0n) is 51.9. The molecule has 0 fully saturated rings. The molecule has 0 aliphatic rings. The molecule has 0 saturated heterocycles. The molecule has 0 saturated carbocycles. The van der Waals surface area contributed by atoms with Gasteiger partial charge in [0.2, 0.25) is 0 Å². The number of hydrogen-bond donors (Lipinski definition) is 1. The van der Waals surface area contributed by atoms with Crippen molar-refractivity contribution in [2.45, 2.75) is 232 Å².